The second kappa shape index (κ2) is 11.2. The highest BCUT2D eigenvalue weighted by molar-refractivity contribution is 8.07. The molecule has 7 heterocycles. The third kappa shape index (κ3) is 5.53. The van der Waals surface area contributed by atoms with E-state index in [-0.39, 0.29) is 34.0 Å². The molecule has 26 heteroatoms. The van der Waals surface area contributed by atoms with Crippen molar-refractivity contribution in [3.8, 4) is 0 Å². The predicted octanol–water partition coefficient (Wildman–Crippen LogP) is -0.759. The first-order valence-corrected chi connectivity index (χ1v) is 18.0. The van der Waals surface area contributed by atoms with Crippen molar-refractivity contribution in [3.05, 3.63) is 22.6 Å². The molecule has 4 aromatic rings. The zero-order chi connectivity index (χ0) is 31.8. The van der Waals surface area contributed by atoms with E-state index in [4.69, 9.17) is 62.6 Å². The van der Waals surface area contributed by atoms with E-state index in [0.29, 0.717) is 0 Å². The Labute approximate surface area is 258 Å². The summed E-state index contributed by atoms with van der Waals surface area (Å²) in [6.45, 7) is -10.2. The van der Waals surface area contributed by atoms with Crippen molar-refractivity contribution in [2.45, 2.75) is 49.2 Å². The Morgan fingerprint density at radius 2 is 1.53 bits per heavy atom. The van der Waals surface area contributed by atoms with Gasteiger partial charge >= 0.3 is 13.4 Å². The molecule has 3 aliphatic heterocycles. The molecule has 3 saturated heterocycles. The number of anilines is 2. The third-order valence-corrected chi connectivity index (χ3v) is 10.2. The topological polar surface area (TPSA) is 268 Å². The molecule has 0 spiro atoms. The van der Waals surface area contributed by atoms with Gasteiger partial charge in [0, 0.05) is 6.20 Å². The Hall–Kier alpha value is -2.73. The number of aromatic amines is 1. The molecule has 4 aromatic heterocycles. The van der Waals surface area contributed by atoms with Crippen molar-refractivity contribution in [2.75, 3.05) is 24.7 Å². The number of nitrogens with one attached hydrogen (secondary N) is 1. The van der Waals surface area contributed by atoms with Crippen LogP contribution in [0.15, 0.2) is 17.1 Å². The molecule has 2 unspecified atom stereocenters. The van der Waals surface area contributed by atoms with Crippen LogP contribution in [0, 0.1) is 0 Å². The summed E-state index contributed by atoms with van der Waals surface area (Å²) >= 11 is 10.2. The first kappa shape index (κ1) is 30.9. The maximum Gasteiger partial charge on any atom is 0.325 e. The standard InChI is InChI=1S/C19H21F2N11O9P2S2/c20-8-6-3-36-42(34,44)40-12-7(39-17(9(12)21)31-14-10(27-29-31)5(22)1-2-24-14)4-37-43(35,45)41-13(8)18(38-6)32-15-11(28-30-32)16(33)26-19(23)25-15/h1-2,6-9,12-13,17-18H,3-4H2,(H2,22,24)(H,34,44)(H,35,45)(H3,23,25,26,33)/t6-,7-,8+,9+,12-,13-,17-,18-,42?,43?/m1/s1. The van der Waals surface area contributed by atoms with Crippen molar-refractivity contribution in [1.82, 2.24) is 44.9 Å². The SMILES string of the molecule is Nc1nc2c(nnn2[C@@H]2O[C@@H]3COP(O)(=S)O[C@H]4[C@H](F)[C@H](n5nnc6c(N)ccnc65)O[C@@H]4COP(O)(=S)O[C@@H]2[C@H]3F)c(=O)[nH]1. The van der Waals surface area contributed by atoms with E-state index in [1.807, 2.05) is 0 Å². The third-order valence-electron chi connectivity index (χ3n) is 7.07. The zero-order valence-electron chi connectivity index (χ0n) is 22.1. The van der Waals surface area contributed by atoms with Crippen LogP contribution in [0.2, 0.25) is 0 Å². The van der Waals surface area contributed by atoms with E-state index in [0.717, 1.165) is 9.36 Å². The lowest BCUT2D eigenvalue weighted by molar-refractivity contribution is -0.0652. The van der Waals surface area contributed by atoms with E-state index < -0.39 is 81.4 Å². The predicted molar refractivity (Wildman–Crippen MR) is 152 cm³/mol. The summed E-state index contributed by atoms with van der Waals surface area (Å²) < 4.78 is 67.1. The van der Waals surface area contributed by atoms with Gasteiger partial charge in [0.15, 0.2) is 47.1 Å². The number of nitrogens with two attached hydrogens (primary N) is 2. The van der Waals surface area contributed by atoms with E-state index in [9.17, 15) is 14.6 Å². The highest BCUT2D eigenvalue weighted by Crippen LogP contribution is 2.54. The van der Waals surface area contributed by atoms with E-state index in [1.165, 1.54) is 12.3 Å². The van der Waals surface area contributed by atoms with Crippen LogP contribution >= 0.6 is 13.4 Å². The summed E-state index contributed by atoms with van der Waals surface area (Å²) in [4.78, 5) is 44.5. The van der Waals surface area contributed by atoms with E-state index in [2.05, 4.69) is 35.6 Å². The Balaban J connectivity index is 1.21. The molecule has 0 amide bonds. The summed E-state index contributed by atoms with van der Waals surface area (Å²) in [5, 5.41) is 15.4. The van der Waals surface area contributed by atoms with Crippen molar-refractivity contribution in [2.24, 2.45) is 0 Å². The van der Waals surface area contributed by atoms with Crippen molar-refractivity contribution in [1.29, 1.82) is 0 Å². The van der Waals surface area contributed by atoms with Crippen molar-refractivity contribution >= 4 is 71.0 Å². The second-order valence-electron chi connectivity index (χ2n) is 9.95. The number of pyridine rings is 1. The number of hydrogen-bond acceptors (Lipinski definition) is 17. The number of alkyl halides is 2. The second-order valence-corrected chi connectivity index (χ2v) is 15.5. The van der Waals surface area contributed by atoms with Crippen LogP contribution in [-0.4, -0.2) is 105 Å². The normalized spacial score (nSPS) is 37.7. The van der Waals surface area contributed by atoms with Gasteiger partial charge < -0.3 is 39.8 Å². The smallest absolute Gasteiger partial charge is 0.325 e. The van der Waals surface area contributed by atoms with Gasteiger partial charge in [0.25, 0.3) is 5.56 Å². The van der Waals surface area contributed by atoms with Gasteiger partial charge in [-0.1, -0.05) is 10.4 Å². The Bertz CT molecular complexity index is 1950. The van der Waals surface area contributed by atoms with Crippen LogP contribution in [0.5, 0.6) is 0 Å². The molecule has 3 fully saturated rings. The van der Waals surface area contributed by atoms with Gasteiger partial charge in [-0.25, -0.2) is 13.8 Å². The maximum atomic E-state index is 16.0. The van der Waals surface area contributed by atoms with Crippen LogP contribution in [0.4, 0.5) is 20.4 Å². The molecule has 242 valence electrons. The van der Waals surface area contributed by atoms with Crippen LogP contribution in [0.1, 0.15) is 12.5 Å². The van der Waals surface area contributed by atoms with Crippen LogP contribution in [-0.2, 0) is 51.2 Å². The first-order valence-electron chi connectivity index (χ1n) is 12.8. The fourth-order valence-electron chi connectivity index (χ4n) is 5.06. The molecule has 0 aliphatic carbocycles. The van der Waals surface area contributed by atoms with Gasteiger partial charge in [0.05, 0.1) is 18.9 Å². The quantitative estimate of drug-likeness (QED) is 0.160. The van der Waals surface area contributed by atoms with Gasteiger partial charge in [-0.15, -0.1) is 10.2 Å². The minimum Gasteiger partial charge on any atom is -0.397 e. The molecule has 0 radical (unpaired) electrons. The summed E-state index contributed by atoms with van der Waals surface area (Å²) in [6, 6.07) is 1.48. The Kier molecular flexibility index (Phi) is 7.70. The van der Waals surface area contributed by atoms with Gasteiger partial charge in [0.1, 0.15) is 24.4 Å². The summed E-state index contributed by atoms with van der Waals surface area (Å²) in [5.41, 5.74) is 10.8. The lowest BCUT2D eigenvalue weighted by atomic mass is 10.1. The number of fused-ring (bicyclic) bond motifs is 5. The monoisotopic (exact) mass is 711 g/mol. The van der Waals surface area contributed by atoms with E-state index >= 15 is 8.78 Å². The zero-order valence-corrected chi connectivity index (χ0v) is 25.6. The van der Waals surface area contributed by atoms with Gasteiger partial charge in [-0.3, -0.25) is 18.8 Å². The summed E-state index contributed by atoms with van der Waals surface area (Å²) in [6.07, 6.45) is -12.3. The molecule has 3 aliphatic rings. The number of nitrogens with zero attached hydrogens (tertiary/aromatic N) is 8. The molecular formula is C19H21F2N11O9P2S2. The van der Waals surface area contributed by atoms with Gasteiger partial charge in [-0.2, -0.15) is 14.3 Å². The van der Waals surface area contributed by atoms with Crippen molar-refractivity contribution in [3.63, 3.8) is 0 Å². The molecule has 2 bridgehead atoms. The van der Waals surface area contributed by atoms with Crippen LogP contribution in [0.25, 0.3) is 22.3 Å². The molecule has 0 aromatic carbocycles. The molecule has 7 rings (SSSR count). The molecule has 20 nitrogen and oxygen atoms in total. The largest absolute Gasteiger partial charge is 0.397 e. The molecule has 7 N–H and O–H groups in total. The fraction of sp³-hybridized carbons (Fsp3) is 0.526. The number of ether oxygens (including phenoxy) is 2. The summed E-state index contributed by atoms with van der Waals surface area (Å²) in [7, 11) is 0. The Morgan fingerprint density at radius 3 is 2.27 bits per heavy atom. The van der Waals surface area contributed by atoms with Gasteiger partial charge in [-0.05, 0) is 29.7 Å². The number of H-pyrrole nitrogens is 1. The minimum atomic E-state index is -4.38. The Morgan fingerprint density at radius 1 is 0.911 bits per heavy atom. The lowest BCUT2D eigenvalue weighted by Gasteiger charge is -2.27. The summed E-state index contributed by atoms with van der Waals surface area (Å²) in [5.74, 6) is -0.298. The molecule has 10 atom stereocenters. The number of aromatic nitrogens is 9. The lowest BCUT2D eigenvalue weighted by Crippen LogP contribution is -2.34. The molecule has 45 heavy (non-hydrogen) atoms. The van der Waals surface area contributed by atoms with E-state index in [1.54, 1.807) is 0 Å². The average Bonchev–Trinajstić information content (AvgIpc) is 3.72. The highest BCUT2D eigenvalue weighted by atomic mass is 32.5. The number of halogens is 2. The number of rotatable bonds is 2. The van der Waals surface area contributed by atoms with Crippen LogP contribution < -0.4 is 17.0 Å². The molecule has 0 saturated carbocycles. The fourth-order valence-corrected chi connectivity index (χ4v) is 7.90. The average molecular weight is 712 g/mol. The van der Waals surface area contributed by atoms with Crippen molar-refractivity contribution < 1.29 is 46.1 Å². The van der Waals surface area contributed by atoms with Crippen LogP contribution in [0.3, 0.4) is 0 Å². The first-order chi connectivity index (χ1) is 21.3. The maximum absolute atomic E-state index is 16.0. The highest BCUT2D eigenvalue weighted by Gasteiger charge is 2.54. The molecular weight excluding hydrogens is 690 g/mol. The minimum absolute atomic E-state index is 0.0836. The number of hydrogen-bond donors (Lipinski definition) is 5. The number of nitrogen functional groups attached to an aromatic ring is 2. The van der Waals surface area contributed by atoms with Gasteiger partial charge in [0.2, 0.25) is 5.95 Å².